The van der Waals surface area contributed by atoms with Crippen molar-refractivity contribution in [1.82, 2.24) is 5.32 Å². The maximum absolute atomic E-state index is 5.86. The van der Waals surface area contributed by atoms with Gasteiger partial charge in [-0.05, 0) is 12.3 Å². The molecule has 0 aliphatic heterocycles. The second kappa shape index (κ2) is 10.1. The van der Waals surface area contributed by atoms with E-state index in [2.05, 4.69) is 33.0 Å². The number of methoxy groups -OCH3 is 1. The molecule has 0 aromatic rings. The first-order valence-electron chi connectivity index (χ1n) is 6.44. The molecule has 0 fully saturated rings. The second-order valence-electron chi connectivity index (χ2n) is 4.87. The zero-order valence-corrected chi connectivity index (χ0v) is 11.6. The minimum atomic E-state index is 0.173. The number of hydrogen-bond acceptors (Lipinski definition) is 3. The highest BCUT2D eigenvalue weighted by Gasteiger charge is 2.11. The van der Waals surface area contributed by atoms with Gasteiger partial charge in [0, 0.05) is 26.3 Å². The van der Waals surface area contributed by atoms with Crippen molar-refractivity contribution in [3.05, 3.63) is 0 Å². The van der Waals surface area contributed by atoms with Gasteiger partial charge < -0.3 is 14.8 Å². The first-order chi connectivity index (χ1) is 7.60. The second-order valence-corrected chi connectivity index (χ2v) is 4.87. The van der Waals surface area contributed by atoms with Crippen LogP contribution in [0.5, 0.6) is 0 Å². The monoisotopic (exact) mass is 231 g/mol. The summed E-state index contributed by atoms with van der Waals surface area (Å²) in [7, 11) is 1.72. The van der Waals surface area contributed by atoms with E-state index < -0.39 is 0 Å². The Labute approximate surface area is 101 Å². The molecule has 0 heterocycles. The van der Waals surface area contributed by atoms with Crippen molar-refractivity contribution in [2.24, 2.45) is 5.92 Å². The van der Waals surface area contributed by atoms with Gasteiger partial charge in [0.2, 0.25) is 0 Å². The van der Waals surface area contributed by atoms with Crippen molar-refractivity contribution >= 4 is 0 Å². The first-order valence-corrected chi connectivity index (χ1v) is 6.44. The third-order valence-electron chi connectivity index (χ3n) is 2.50. The molecule has 2 unspecified atom stereocenters. The van der Waals surface area contributed by atoms with Gasteiger partial charge in [0.05, 0.1) is 12.7 Å². The van der Waals surface area contributed by atoms with Crippen LogP contribution in [0.25, 0.3) is 0 Å². The first kappa shape index (κ1) is 15.9. The van der Waals surface area contributed by atoms with Crippen LogP contribution in [0.3, 0.4) is 0 Å². The van der Waals surface area contributed by atoms with Gasteiger partial charge in [0.25, 0.3) is 0 Å². The van der Waals surface area contributed by atoms with Crippen LogP contribution in [-0.2, 0) is 9.47 Å². The Morgan fingerprint density at radius 3 is 2.31 bits per heavy atom. The Kier molecular flexibility index (Phi) is 9.99. The van der Waals surface area contributed by atoms with E-state index in [1.165, 1.54) is 12.8 Å². The number of rotatable bonds is 10. The van der Waals surface area contributed by atoms with Gasteiger partial charge in [-0.3, -0.25) is 0 Å². The summed E-state index contributed by atoms with van der Waals surface area (Å²) in [6.45, 7) is 11.1. The lowest BCUT2D eigenvalue weighted by Gasteiger charge is -2.21. The Morgan fingerprint density at radius 2 is 1.81 bits per heavy atom. The molecule has 0 radical (unpaired) electrons. The van der Waals surface area contributed by atoms with Crippen LogP contribution >= 0.6 is 0 Å². The molecule has 0 amide bonds. The molecular formula is C13H29NO2. The minimum absolute atomic E-state index is 0.173. The molecule has 0 saturated carbocycles. The molecular weight excluding hydrogens is 202 g/mol. The lowest BCUT2D eigenvalue weighted by Crippen LogP contribution is -2.36. The van der Waals surface area contributed by atoms with E-state index in [1.54, 1.807) is 7.11 Å². The van der Waals surface area contributed by atoms with Crippen LogP contribution in [0, 0.1) is 5.92 Å². The summed E-state index contributed by atoms with van der Waals surface area (Å²) in [5.41, 5.74) is 0. The lowest BCUT2D eigenvalue weighted by atomic mass is 10.1. The van der Waals surface area contributed by atoms with Crippen LogP contribution < -0.4 is 5.32 Å². The Bertz CT molecular complexity index is 151. The molecule has 98 valence electrons. The van der Waals surface area contributed by atoms with Crippen LogP contribution in [0.15, 0.2) is 0 Å². The fourth-order valence-corrected chi connectivity index (χ4v) is 1.60. The largest absolute Gasteiger partial charge is 0.382 e. The summed E-state index contributed by atoms with van der Waals surface area (Å²) in [6, 6.07) is 0.496. The fourth-order valence-electron chi connectivity index (χ4n) is 1.60. The molecule has 1 N–H and O–H groups in total. The highest BCUT2D eigenvalue weighted by Crippen LogP contribution is 2.07. The van der Waals surface area contributed by atoms with Crippen molar-refractivity contribution < 1.29 is 9.47 Å². The molecule has 0 spiro atoms. The van der Waals surface area contributed by atoms with E-state index in [-0.39, 0.29) is 6.10 Å². The predicted molar refractivity (Wildman–Crippen MR) is 68.8 cm³/mol. The van der Waals surface area contributed by atoms with Crippen molar-refractivity contribution in [3.8, 4) is 0 Å². The van der Waals surface area contributed by atoms with E-state index in [0.29, 0.717) is 18.6 Å². The zero-order valence-electron chi connectivity index (χ0n) is 11.6. The van der Waals surface area contributed by atoms with Gasteiger partial charge in [-0.15, -0.1) is 0 Å². The van der Waals surface area contributed by atoms with E-state index in [1.807, 2.05) is 0 Å². The molecule has 0 aliphatic rings. The van der Waals surface area contributed by atoms with E-state index in [9.17, 15) is 0 Å². The molecule has 2 atom stereocenters. The lowest BCUT2D eigenvalue weighted by molar-refractivity contribution is -0.0156. The summed E-state index contributed by atoms with van der Waals surface area (Å²) in [6.07, 6.45) is 2.63. The summed E-state index contributed by atoms with van der Waals surface area (Å²) in [4.78, 5) is 0. The van der Waals surface area contributed by atoms with Gasteiger partial charge in [0.15, 0.2) is 0 Å². The van der Waals surface area contributed by atoms with Crippen molar-refractivity contribution in [3.63, 3.8) is 0 Å². The van der Waals surface area contributed by atoms with Gasteiger partial charge in [-0.2, -0.15) is 0 Å². The molecule has 0 aromatic carbocycles. The highest BCUT2D eigenvalue weighted by atomic mass is 16.5. The minimum Gasteiger partial charge on any atom is -0.382 e. The van der Waals surface area contributed by atoms with E-state index in [4.69, 9.17) is 9.47 Å². The van der Waals surface area contributed by atoms with Crippen LogP contribution in [-0.4, -0.2) is 39.0 Å². The van der Waals surface area contributed by atoms with Crippen LogP contribution in [0.4, 0.5) is 0 Å². The zero-order chi connectivity index (χ0) is 12.4. The highest BCUT2D eigenvalue weighted by molar-refractivity contribution is 4.64. The van der Waals surface area contributed by atoms with Gasteiger partial charge in [0.1, 0.15) is 0 Å². The summed E-state index contributed by atoms with van der Waals surface area (Å²) in [5, 5.41) is 3.38. The van der Waals surface area contributed by atoms with Crippen molar-refractivity contribution in [2.75, 3.05) is 26.9 Å². The van der Waals surface area contributed by atoms with Crippen LogP contribution in [0.1, 0.15) is 40.5 Å². The molecule has 0 saturated heterocycles. The Balaban J connectivity index is 3.74. The topological polar surface area (TPSA) is 30.5 Å². The predicted octanol–water partition coefficient (Wildman–Crippen LogP) is 2.45. The number of nitrogens with one attached hydrogen (secondary N) is 1. The molecule has 0 bridgehead atoms. The molecule has 16 heavy (non-hydrogen) atoms. The number of hydrogen-bond donors (Lipinski definition) is 1. The van der Waals surface area contributed by atoms with Gasteiger partial charge >= 0.3 is 0 Å². The van der Waals surface area contributed by atoms with Gasteiger partial charge in [-0.25, -0.2) is 0 Å². The number of ether oxygens (including phenoxy) is 2. The summed E-state index contributed by atoms with van der Waals surface area (Å²) < 4.78 is 11.0. The molecule has 3 nitrogen and oxygen atoms in total. The molecule has 0 rings (SSSR count). The van der Waals surface area contributed by atoms with Crippen molar-refractivity contribution in [1.29, 1.82) is 0 Å². The quantitative estimate of drug-likeness (QED) is 0.626. The average Bonchev–Trinajstić information content (AvgIpc) is 2.22. The van der Waals surface area contributed by atoms with Crippen LogP contribution in [0.2, 0.25) is 0 Å². The SMILES string of the molecule is CCCC(C)COC(CNC(C)C)COC. The fraction of sp³-hybridized carbons (Fsp3) is 1.00. The maximum Gasteiger partial charge on any atom is 0.0932 e. The van der Waals surface area contributed by atoms with Crippen molar-refractivity contribution in [2.45, 2.75) is 52.7 Å². The van der Waals surface area contributed by atoms with Gasteiger partial charge in [-0.1, -0.05) is 34.1 Å². The van der Waals surface area contributed by atoms with E-state index in [0.717, 1.165) is 13.2 Å². The molecule has 3 heteroatoms. The van der Waals surface area contributed by atoms with E-state index >= 15 is 0 Å². The molecule has 0 aromatic heterocycles. The summed E-state index contributed by atoms with van der Waals surface area (Å²) >= 11 is 0. The standard InChI is InChI=1S/C13H29NO2/c1-6-7-12(4)9-16-13(10-15-5)8-14-11(2)3/h11-14H,6-10H2,1-5H3. The summed E-state index contributed by atoms with van der Waals surface area (Å²) in [5.74, 6) is 0.642. The Hall–Kier alpha value is -0.120. The third-order valence-corrected chi connectivity index (χ3v) is 2.50. The smallest absolute Gasteiger partial charge is 0.0932 e. The average molecular weight is 231 g/mol. The Morgan fingerprint density at radius 1 is 1.12 bits per heavy atom. The molecule has 0 aliphatic carbocycles. The third kappa shape index (κ3) is 9.13. The maximum atomic E-state index is 5.86. The normalized spacial score (nSPS) is 15.4.